The Hall–Kier alpha value is -2.46. The lowest BCUT2D eigenvalue weighted by atomic mass is 10.2. The number of aryl methyl sites for hydroxylation is 1. The summed E-state index contributed by atoms with van der Waals surface area (Å²) < 4.78 is 31.1. The van der Waals surface area contributed by atoms with E-state index >= 15 is 0 Å². The van der Waals surface area contributed by atoms with Gasteiger partial charge in [-0.25, -0.2) is 13.1 Å². The molecule has 0 unspecified atom stereocenters. The lowest BCUT2D eigenvalue weighted by molar-refractivity contribution is -0.154. The summed E-state index contributed by atoms with van der Waals surface area (Å²) in [5, 5.41) is 4.71. The van der Waals surface area contributed by atoms with Crippen molar-refractivity contribution in [2.75, 3.05) is 19.6 Å². The summed E-state index contributed by atoms with van der Waals surface area (Å²) in [6, 6.07) is 6.13. The van der Waals surface area contributed by atoms with Crippen LogP contribution in [0.25, 0.3) is 0 Å². The molecule has 144 valence electrons. The van der Waals surface area contributed by atoms with Crippen LogP contribution in [0.3, 0.4) is 0 Å². The highest BCUT2D eigenvalue weighted by atomic mass is 32.2. The number of carbonyl (C=O) groups excluding carboxylic acids is 3. The molecule has 1 atom stereocenters. The van der Waals surface area contributed by atoms with Gasteiger partial charge in [0.25, 0.3) is 5.91 Å². The Kier molecular flexibility index (Phi) is 8.20. The van der Waals surface area contributed by atoms with E-state index in [4.69, 9.17) is 4.74 Å². The van der Waals surface area contributed by atoms with Crippen molar-refractivity contribution in [3.63, 3.8) is 0 Å². The predicted octanol–water partition coefficient (Wildman–Crippen LogP) is -0.543. The summed E-state index contributed by atoms with van der Waals surface area (Å²) in [7, 11) is -3.83. The van der Waals surface area contributed by atoms with Gasteiger partial charge in [0.1, 0.15) is 6.54 Å². The van der Waals surface area contributed by atoms with Crippen LogP contribution in [-0.2, 0) is 29.1 Å². The third-order valence-corrected chi connectivity index (χ3v) is 4.63. The zero-order valence-corrected chi connectivity index (χ0v) is 15.7. The Balaban J connectivity index is 2.41. The van der Waals surface area contributed by atoms with E-state index in [1.54, 1.807) is 19.1 Å². The number of hydrogen-bond acceptors (Lipinski definition) is 6. The number of hydrogen-bond donors (Lipinski definition) is 3. The Morgan fingerprint density at radius 2 is 1.69 bits per heavy atom. The van der Waals surface area contributed by atoms with Crippen LogP contribution in [0.2, 0.25) is 0 Å². The van der Waals surface area contributed by atoms with Crippen LogP contribution in [0.5, 0.6) is 0 Å². The standard InChI is InChI=1S/C16H23N3O6S/c1-4-17-16(22)12(3)25-15(21)10-18-14(20)9-19-26(23,24)13-7-5-11(2)6-8-13/h5-8,12,19H,4,9-10H2,1-3H3,(H,17,22)(H,18,20)/t12-/m1/s1. The molecule has 0 aliphatic rings. The number of esters is 1. The van der Waals surface area contributed by atoms with Gasteiger partial charge in [0.05, 0.1) is 11.4 Å². The molecule has 0 spiro atoms. The average Bonchev–Trinajstić information content (AvgIpc) is 2.58. The molecule has 3 N–H and O–H groups in total. The quantitative estimate of drug-likeness (QED) is 0.489. The Bertz CT molecular complexity index is 746. The summed E-state index contributed by atoms with van der Waals surface area (Å²) >= 11 is 0. The van der Waals surface area contributed by atoms with E-state index in [1.165, 1.54) is 19.1 Å². The maximum Gasteiger partial charge on any atom is 0.326 e. The molecule has 0 radical (unpaired) electrons. The van der Waals surface area contributed by atoms with Gasteiger partial charge < -0.3 is 15.4 Å². The monoisotopic (exact) mass is 385 g/mol. The van der Waals surface area contributed by atoms with E-state index in [2.05, 4.69) is 15.4 Å². The minimum absolute atomic E-state index is 0.0334. The molecule has 0 heterocycles. The van der Waals surface area contributed by atoms with Crippen molar-refractivity contribution in [3.8, 4) is 0 Å². The number of amides is 2. The summed E-state index contributed by atoms with van der Waals surface area (Å²) in [6.45, 7) is 4.34. The molecule has 0 saturated heterocycles. The molecule has 10 heteroatoms. The van der Waals surface area contributed by atoms with Crippen LogP contribution in [0, 0.1) is 6.92 Å². The SMILES string of the molecule is CCNC(=O)[C@@H](C)OC(=O)CNC(=O)CNS(=O)(=O)c1ccc(C)cc1. The van der Waals surface area contributed by atoms with Crippen LogP contribution in [0.15, 0.2) is 29.2 Å². The number of carbonyl (C=O) groups is 3. The number of rotatable bonds is 9. The molecular weight excluding hydrogens is 362 g/mol. The van der Waals surface area contributed by atoms with E-state index in [-0.39, 0.29) is 4.90 Å². The largest absolute Gasteiger partial charge is 0.451 e. The molecule has 0 bridgehead atoms. The van der Waals surface area contributed by atoms with Crippen molar-refractivity contribution in [1.82, 2.24) is 15.4 Å². The number of benzene rings is 1. The van der Waals surface area contributed by atoms with Crippen molar-refractivity contribution in [1.29, 1.82) is 0 Å². The van der Waals surface area contributed by atoms with Crippen LogP contribution in [0.4, 0.5) is 0 Å². The highest BCUT2D eigenvalue weighted by molar-refractivity contribution is 7.89. The summed E-state index contributed by atoms with van der Waals surface area (Å²) in [4.78, 5) is 34.7. The van der Waals surface area contributed by atoms with Crippen molar-refractivity contribution >= 4 is 27.8 Å². The first-order valence-corrected chi connectivity index (χ1v) is 9.44. The molecule has 0 saturated carbocycles. The third kappa shape index (κ3) is 7.19. The fraction of sp³-hybridized carbons (Fsp3) is 0.438. The van der Waals surface area contributed by atoms with Crippen molar-refractivity contribution in [2.24, 2.45) is 0 Å². The van der Waals surface area contributed by atoms with Crippen LogP contribution in [0.1, 0.15) is 19.4 Å². The van der Waals surface area contributed by atoms with Gasteiger partial charge >= 0.3 is 5.97 Å². The van der Waals surface area contributed by atoms with E-state index < -0.39 is 47.0 Å². The van der Waals surface area contributed by atoms with E-state index in [0.717, 1.165) is 5.56 Å². The molecule has 26 heavy (non-hydrogen) atoms. The number of nitrogens with one attached hydrogen (secondary N) is 3. The second kappa shape index (κ2) is 9.88. The van der Waals surface area contributed by atoms with Crippen molar-refractivity contribution < 1.29 is 27.5 Å². The summed E-state index contributed by atoms with van der Waals surface area (Å²) in [5.74, 6) is -1.96. The highest BCUT2D eigenvalue weighted by Crippen LogP contribution is 2.09. The van der Waals surface area contributed by atoms with Crippen molar-refractivity contribution in [2.45, 2.75) is 31.8 Å². The molecule has 1 rings (SSSR count). The predicted molar refractivity (Wildman–Crippen MR) is 93.6 cm³/mol. The first-order chi connectivity index (χ1) is 12.2. The molecule has 9 nitrogen and oxygen atoms in total. The van der Waals surface area contributed by atoms with Crippen LogP contribution in [-0.4, -0.2) is 51.9 Å². The van der Waals surface area contributed by atoms with Crippen LogP contribution >= 0.6 is 0 Å². The van der Waals surface area contributed by atoms with Gasteiger partial charge in [-0.2, -0.15) is 0 Å². The minimum Gasteiger partial charge on any atom is -0.451 e. The van der Waals surface area contributed by atoms with Gasteiger partial charge in [0.2, 0.25) is 15.9 Å². The molecule has 0 aliphatic carbocycles. The van der Waals surface area contributed by atoms with Crippen LogP contribution < -0.4 is 15.4 Å². The van der Waals surface area contributed by atoms with Gasteiger partial charge in [-0.3, -0.25) is 14.4 Å². The molecule has 2 amide bonds. The van der Waals surface area contributed by atoms with Gasteiger partial charge in [0.15, 0.2) is 6.10 Å². The van der Waals surface area contributed by atoms with E-state index in [0.29, 0.717) is 6.54 Å². The molecular formula is C16H23N3O6S. The van der Waals surface area contributed by atoms with Gasteiger partial charge in [-0.1, -0.05) is 17.7 Å². The summed E-state index contributed by atoms with van der Waals surface area (Å²) in [5.41, 5.74) is 0.905. The lowest BCUT2D eigenvalue weighted by Crippen LogP contribution is -2.41. The van der Waals surface area contributed by atoms with E-state index in [9.17, 15) is 22.8 Å². The first kappa shape index (κ1) is 21.6. The first-order valence-electron chi connectivity index (χ1n) is 7.96. The number of sulfonamides is 1. The minimum atomic E-state index is -3.83. The molecule has 0 fully saturated rings. The maximum absolute atomic E-state index is 12.0. The fourth-order valence-corrected chi connectivity index (χ4v) is 2.79. The lowest BCUT2D eigenvalue weighted by Gasteiger charge is -2.13. The Morgan fingerprint density at radius 3 is 2.27 bits per heavy atom. The van der Waals surface area contributed by atoms with Gasteiger partial charge in [-0.15, -0.1) is 0 Å². The number of ether oxygens (including phenoxy) is 1. The maximum atomic E-state index is 12.0. The number of likely N-dealkylation sites (N-methyl/N-ethyl adjacent to an activating group) is 1. The summed E-state index contributed by atoms with van der Waals surface area (Å²) in [6.07, 6.45) is -0.987. The molecule has 1 aromatic rings. The smallest absolute Gasteiger partial charge is 0.326 e. The van der Waals surface area contributed by atoms with Gasteiger partial charge in [-0.05, 0) is 32.9 Å². The highest BCUT2D eigenvalue weighted by Gasteiger charge is 2.18. The zero-order valence-electron chi connectivity index (χ0n) is 14.9. The zero-order chi connectivity index (χ0) is 19.7. The fourth-order valence-electron chi connectivity index (χ4n) is 1.80. The van der Waals surface area contributed by atoms with Gasteiger partial charge in [0, 0.05) is 6.54 Å². The topological polar surface area (TPSA) is 131 Å². The van der Waals surface area contributed by atoms with E-state index in [1.807, 2.05) is 6.92 Å². The Morgan fingerprint density at radius 1 is 1.08 bits per heavy atom. The third-order valence-electron chi connectivity index (χ3n) is 3.21. The normalized spacial score (nSPS) is 12.1. The molecule has 0 aromatic heterocycles. The molecule has 0 aliphatic heterocycles. The average molecular weight is 385 g/mol. The Labute approximate surface area is 152 Å². The second-order valence-corrected chi connectivity index (χ2v) is 7.21. The van der Waals surface area contributed by atoms with Crippen molar-refractivity contribution in [3.05, 3.63) is 29.8 Å². The molecule has 1 aromatic carbocycles. The second-order valence-electron chi connectivity index (χ2n) is 5.44.